The number of anilines is 1. The number of hydrogen-bond acceptors (Lipinski definition) is 11. The lowest BCUT2D eigenvalue weighted by Crippen LogP contribution is -2.63. The van der Waals surface area contributed by atoms with Crippen LogP contribution in [0.3, 0.4) is 0 Å². The maximum atomic E-state index is 13.9. The summed E-state index contributed by atoms with van der Waals surface area (Å²) in [5.41, 5.74) is 1.42. The summed E-state index contributed by atoms with van der Waals surface area (Å²) in [6.45, 7) is 6.27. The van der Waals surface area contributed by atoms with Gasteiger partial charge in [-0.3, -0.25) is 38.5 Å². The van der Waals surface area contributed by atoms with Crippen LogP contribution in [0.25, 0.3) is 0 Å². The maximum absolute atomic E-state index is 13.9. The van der Waals surface area contributed by atoms with Crippen LogP contribution >= 0.6 is 0 Å². The number of fused-ring (bicyclic) bond motifs is 7. The normalized spacial score (nSPS) is 32.5. The predicted octanol–water partition coefficient (Wildman–Crippen LogP) is 3.14. The summed E-state index contributed by atoms with van der Waals surface area (Å²) in [6.07, 6.45) is 7.96. The molecule has 5 N–H and O–H groups in total. The Morgan fingerprint density at radius 2 is 1.63 bits per heavy atom. The number of nitrogens with zero attached hydrogens (tertiary/aromatic N) is 1. The zero-order valence-corrected chi connectivity index (χ0v) is 35.8. The first-order chi connectivity index (χ1) is 30.0. The maximum Gasteiger partial charge on any atom is 0.253 e. The number of allylic oxidation sites excluding steroid dienone is 4. The van der Waals surface area contributed by atoms with Crippen LogP contribution in [0.1, 0.15) is 82.8 Å². The molecule has 2 heterocycles. The van der Waals surface area contributed by atoms with Gasteiger partial charge in [-0.25, -0.2) is 0 Å². The van der Waals surface area contributed by atoms with Crippen molar-refractivity contribution in [3.63, 3.8) is 0 Å². The van der Waals surface area contributed by atoms with Crippen molar-refractivity contribution in [3.05, 3.63) is 101 Å². The van der Waals surface area contributed by atoms with Gasteiger partial charge in [0, 0.05) is 53.1 Å². The van der Waals surface area contributed by atoms with Gasteiger partial charge in [0.25, 0.3) is 11.8 Å². The van der Waals surface area contributed by atoms with Gasteiger partial charge >= 0.3 is 0 Å². The molecule has 5 amide bonds. The van der Waals surface area contributed by atoms with E-state index in [9.17, 15) is 43.8 Å². The Kier molecular flexibility index (Phi) is 11.8. The zero-order chi connectivity index (χ0) is 45.0. The van der Waals surface area contributed by atoms with E-state index in [0.717, 1.165) is 46.6 Å². The summed E-state index contributed by atoms with van der Waals surface area (Å²) in [4.78, 5) is 88.8. The number of amides is 5. The van der Waals surface area contributed by atoms with Crippen molar-refractivity contribution < 1.29 is 53.2 Å². The molecular formula is C48H54N4O11. The van der Waals surface area contributed by atoms with Gasteiger partial charge < -0.3 is 35.6 Å². The van der Waals surface area contributed by atoms with Crippen molar-refractivity contribution in [2.75, 3.05) is 18.5 Å². The highest BCUT2D eigenvalue weighted by atomic mass is 16.7. The van der Waals surface area contributed by atoms with Gasteiger partial charge in [0.2, 0.25) is 17.7 Å². The first kappa shape index (κ1) is 44.0. The molecule has 1 saturated heterocycles. The monoisotopic (exact) mass is 862 g/mol. The summed E-state index contributed by atoms with van der Waals surface area (Å²) in [7, 11) is 0. The topological polar surface area (TPSA) is 218 Å². The molecule has 2 unspecified atom stereocenters. The smallest absolute Gasteiger partial charge is 0.253 e. The van der Waals surface area contributed by atoms with Crippen LogP contribution in [0, 0.1) is 28.6 Å². The second-order valence-electron chi connectivity index (χ2n) is 18.4. The van der Waals surface area contributed by atoms with E-state index < -0.39 is 88.9 Å². The van der Waals surface area contributed by atoms with Crippen LogP contribution in [0.2, 0.25) is 0 Å². The third-order valence-electron chi connectivity index (χ3n) is 14.6. The number of ketones is 2. The summed E-state index contributed by atoms with van der Waals surface area (Å²) >= 11 is 0. The number of aliphatic hydroxyl groups excluding tert-OH is 2. The fourth-order valence-electron chi connectivity index (χ4n) is 11.5. The minimum Gasteiger partial charge on any atom is -0.393 e. The summed E-state index contributed by atoms with van der Waals surface area (Å²) in [6, 6.07) is 13.0. The highest BCUT2D eigenvalue weighted by Gasteiger charge is 2.76. The highest BCUT2D eigenvalue weighted by molar-refractivity contribution is 6.13. The summed E-state index contributed by atoms with van der Waals surface area (Å²) in [5.74, 6) is -3.15. The molecule has 0 aromatic heterocycles. The Labute approximate surface area is 365 Å². The van der Waals surface area contributed by atoms with Gasteiger partial charge in [0.15, 0.2) is 23.5 Å². The number of imide groups is 1. The van der Waals surface area contributed by atoms with Gasteiger partial charge in [0.1, 0.15) is 18.7 Å². The number of benzene rings is 2. The lowest BCUT2D eigenvalue weighted by Gasteiger charge is -2.59. The SMILES string of the molecule is C[C@H](NC(=O)CCN1C(=O)C=CC1=O)C(=O)N[C@@H](C)C(=O)Nc1cccc(Cc2ccc([C@@H]3O[C@@H]4CC5[C@@H]6CCC7=CC(=O)C=C[C@]7(C)C6[C@@H](O)C[C@]5(C)[C@]4(C(=O)CO)O3)cc2)c1. The molecule has 15 nitrogen and oxygen atoms in total. The van der Waals surface area contributed by atoms with E-state index in [1.54, 1.807) is 18.2 Å². The van der Waals surface area contributed by atoms with E-state index in [-0.39, 0.29) is 36.5 Å². The first-order valence-electron chi connectivity index (χ1n) is 21.7. The molecule has 11 atom stereocenters. The lowest BCUT2D eigenvalue weighted by molar-refractivity contribution is -0.201. The van der Waals surface area contributed by atoms with Crippen molar-refractivity contribution in [2.24, 2.45) is 28.6 Å². The summed E-state index contributed by atoms with van der Waals surface area (Å²) in [5, 5.41) is 30.2. The molecule has 0 radical (unpaired) electrons. The number of ether oxygens (including phenoxy) is 2. The third kappa shape index (κ3) is 7.78. The molecule has 4 fully saturated rings. The molecule has 0 spiro atoms. The molecule has 6 aliphatic rings. The lowest BCUT2D eigenvalue weighted by atomic mass is 9.46. The van der Waals surface area contributed by atoms with E-state index >= 15 is 0 Å². The Morgan fingerprint density at radius 1 is 0.921 bits per heavy atom. The van der Waals surface area contributed by atoms with Crippen LogP contribution in [0.15, 0.2) is 84.5 Å². The average Bonchev–Trinajstić information content (AvgIpc) is 3.87. The number of carbonyl (C=O) groups excluding carboxylic acids is 7. The fourth-order valence-corrected chi connectivity index (χ4v) is 11.5. The third-order valence-corrected chi connectivity index (χ3v) is 14.6. The Balaban J connectivity index is 0.869. The van der Waals surface area contributed by atoms with Gasteiger partial charge in [-0.15, -0.1) is 0 Å². The minimum atomic E-state index is -1.45. The number of hydrogen-bond donors (Lipinski definition) is 5. The molecule has 0 bridgehead atoms. The molecule has 332 valence electrons. The van der Waals surface area contributed by atoms with Crippen LogP contribution < -0.4 is 16.0 Å². The van der Waals surface area contributed by atoms with E-state index in [4.69, 9.17) is 9.47 Å². The number of rotatable bonds is 13. The van der Waals surface area contributed by atoms with Crippen molar-refractivity contribution in [1.82, 2.24) is 15.5 Å². The molecule has 15 heteroatoms. The second kappa shape index (κ2) is 16.8. The van der Waals surface area contributed by atoms with Crippen LogP contribution in [-0.2, 0) is 49.5 Å². The van der Waals surface area contributed by atoms with Crippen molar-refractivity contribution in [1.29, 1.82) is 0 Å². The Hall–Kier alpha value is -5.61. The Morgan fingerprint density at radius 3 is 2.35 bits per heavy atom. The molecule has 4 aliphatic carbocycles. The van der Waals surface area contributed by atoms with Gasteiger partial charge in [-0.2, -0.15) is 0 Å². The number of aliphatic hydroxyl groups is 2. The van der Waals surface area contributed by atoms with E-state index in [2.05, 4.69) is 22.9 Å². The standard InChI is InChI=1S/C48H54N4O11/c1-26(49-39(57)17-19-52-40(58)14-15-41(52)59)43(60)50-27(2)44(61)51-32-7-5-6-29(21-32)20-28-8-10-30(11-9-28)45-62-38-23-35-34-13-12-31-22-33(54)16-18-46(31,3)42(34)36(55)24-47(35,4)48(38,63-45)37(56)25-53/h5-11,14-16,18,21-22,26-27,34-36,38,42,45,53,55H,12-13,17,19-20,23-25H2,1-4H3,(H,49,57)(H,50,60)(H,51,61)/t26-,27-,34-,35?,36-,38+,42?,45+,46-,47-,48+/m0/s1. The van der Waals surface area contributed by atoms with Crippen LogP contribution in [-0.4, -0.2) is 99.3 Å². The average molecular weight is 863 g/mol. The number of Topliss-reactive ketones (excluding diaryl/α,β-unsaturated/α-hetero) is 1. The molecule has 2 aromatic carbocycles. The second-order valence-corrected chi connectivity index (χ2v) is 18.4. The first-order valence-corrected chi connectivity index (χ1v) is 21.7. The molecule has 63 heavy (non-hydrogen) atoms. The van der Waals surface area contributed by atoms with E-state index in [1.165, 1.54) is 13.8 Å². The fraction of sp³-hybridized carbons (Fsp3) is 0.479. The zero-order valence-electron chi connectivity index (χ0n) is 35.8. The Bertz CT molecular complexity index is 2320. The summed E-state index contributed by atoms with van der Waals surface area (Å²) < 4.78 is 13.4. The van der Waals surface area contributed by atoms with Gasteiger partial charge in [-0.05, 0) is 93.2 Å². The molecule has 2 aromatic rings. The van der Waals surface area contributed by atoms with Crippen molar-refractivity contribution >= 4 is 46.8 Å². The van der Waals surface area contributed by atoms with Gasteiger partial charge in [0.05, 0.1) is 12.2 Å². The number of nitrogens with one attached hydrogen (secondary N) is 3. The van der Waals surface area contributed by atoms with Gasteiger partial charge in [-0.1, -0.05) is 61.9 Å². The van der Waals surface area contributed by atoms with E-state index in [1.807, 2.05) is 55.5 Å². The predicted molar refractivity (Wildman–Crippen MR) is 227 cm³/mol. The number of carbonyl (C=O) groups is 7. The molecule has 3 saturated carbocycles. The van der Waals surface area contributed by atoms with Crippen molar-refractivity contribution in [3.8, 4) is 0 Å². The molecule has 2 aliphatic heterocycles. The quantitative estimate of drug-likeness (QED) is 0.184. The highest BCUT2D eigenvalue weighted by Crippen LogP contribution is 2.70. The molecule has 8 rings (SSSR count). The largest absolute Gasteiger partial charge is 0.393 e. The minimum absolute atomic E-state index is 0.0106. The van der Waals surface area contributed by atoms with Crippen LogP contribution in [0.5, 0.6) is 0 Å². The van der Waals surface area contributed by atoms with E-state index in [0.29, 0.717) is 30.5 Å². The molecular weight excluding hydrogens is 809 g/mol. The van der Waals surface area contributed by atoms with Crippen molar-refractivity contribution in [2.45, 2.75) is 102 Å². The van der Waals surface area contributed by atoms with Crippen LogP contribution in [0.4, 0.5) is 5.69 Å².